The first-order valence-electron chi connectivity index (χ1n) is 3.48. The third-order valence-corrected chi connectivity index (χ3v) is 4.11. The van der Waals surface area contributed by atoms with E-state index in [2.05, 4.69) is 0 Å². The molecular weight excluding hydrogens is 251 g/mol. The van der Waals surface area contributed by atoms with Crippen molar-refractivity contribution in [1.29, 1.82) is 0 Å². The summed E-state index contributed by atoms with van der Waals surface area (Å²) in [6.07, 6.45) is 0. The summed E-state index contributed by atoms with van der Waals surface area (Å²) < 4.78 is -0.842. The lowest BCUT2D eigenvalue weighted by Crippen LogP contribution is -2.18. The van der Waals surface area contributed by atoms with Crippen LogP contribution in [0.25, 0.3) is 0 Å². The average Bonchev–Trinajstić information content (AvgIpc) is 1.98. The Morgan fingerprint density at radius 2 is 1.38 bits per heavy atom. The Hall–Kier alpha value is 0.620. The normalized spacial score (nSPS) is 11.4. The molecule has 0 fully saturated rings. The van der Waals surface area contributed by atoms with Gasteiger partial charge in [0.15, 0.2) is 0 Å². The molecular formula is C7H10Cl2O2S2. The number of hydrogen-bond acceptors (Lipinski definition) is 4. The van der Waals surface area contributed by atoms with Gasteiger partial charge in [0, 0.05) is 11.5 Å². The second kappa shape index (κ2) is 6.17. The number of halogens is 2. The lowest BCUT2D eigenvalue weighted by molar-refractivity contribution is 0.275. The Kier molecular flexibility index (Phi) is 6.46. The second-order valence-corrected chi connectivity index (χ2v) is 6.25. The number of hydrogen-bond donors (Lipinski definition) is 0. The van der Waals surface area contributed by atoms with Crippen molar-refractivity contribution in [2.24, 2.45) is 5.41 Å². The first-order chi connectivity index (χ1) is 5.83. The molecule has 0 aromatic carbocycles. The van der Waals surface area contributed by atoms with Gasteiger partial charge in [0.1, 0.15) is 0 Å². The van der Waals surface area contributed by atoms with Crippen LogP contribution in [-0.2, 0) is 0 Å². The summed E-state index contributed by atoms with van der Waals surface area (Å²) in [5.41, 5.74) is -0.121. The molecule has 0 saturated heterocycles. The van der Waals surface area contributed by atoms with Gasteiger partial charge < -0.3 is 0 Å². The van der Waals surface area contributed by atoms with E-state index in [9.17, 15) is 9.59 Å². The fraction of sp³-hybridized carbons (Fsp3) is 0.714. The molecule has 0 amide bonds. The second-order valence-electron chi connectivity index (χ2n) is 3.22. The van der Waals surface area contributed by atoms with Crippen LogP contribution in [-0.4, -0.2) is 20.7 Å². The molecule has 0 atom stereocenters. The smallest absolute Gasteiger partial charge is 0.268 e. The molecule has 0 bridgehead atoms. The quantitative estimate of drug-likeness (QED) is 0.710. The van der Waals surface area contributed by atoms with Gasteiger partial charge in [-0.2, -0.15) is 0 Å². The Labute approximate surface area is 96.1 Å². The van der Waals surface area contributed by atoms with E-state index in [0.29, 0.717) is 11.5 Å². The van der Waals surface area contributed by atoms with Crippen molar-refractivity contribution in [1.82, 2.24) is 0 Å². The Balaban J connectivity index is 3.79. The highest BCUT2D eigenvalue weighted by atomic mass is 35.5. The average molecular weight is 261 g/mol. The van der Waals surface area contributed by atoms with Gasteiger partial charge in [-0.3, -0.25) is 9.59 Å². The molecule has 0 radical (unpaired) electrons. The predicted octanol–water partition coefficient (Wildman–Crippen LogP) is 4.20. The molecule has 2 nitrogen and oxygen atoms in total. The zero-order valence-corrected chi connectivity index (χ0v) is 10.4. The van der Waals surface area contributed by atoms with Gasteiger partial charge in [0.05, 0.1) is 0 Å². The highest BCUT2D eigenvalue weighted by molar-refractivity contribution is 8.17. The van der Waals surface area contributed by atoms with Gasteiger partial charge in [-0.15, -0.1) is 0 Å². The Morgan fingerprint density at radius 3 is 1.62 bits per heavy atom. The van der Waals surface area contributed by atoms with Crippen molar-refractivity contribution < 1.29 is 9.59 Å². The molecule has 76 valence electrons. The number of rotatable bonds is 4. The fourth-order valence-corrected chi connectivity index (χ4v) is 2.21. The summed E-state index contributed by atoms with van der Waals surface area (Å²) in [4.78, 5) is 20.9. The van der Waals surface area contributed by atoms with Gasteiger partial charge in [-0.1, -0.05) is 37.4 Å². The standard InChI is InChI=1S/C7H10Cl2O2S2/c1-7(2,3-12-5(8)10)4-13-6(9)11/h3-4H2,1-2H3. The summed E-state index contributed by atoms with van der Waals surface area (Å²) in [5, 5.41) is 0. The van der Waals surface area contributed by atoms with Crippen molar-refractivity contribution in [3.63, 3.8) is 0 Å². The summed E-state index contributed by atoms with van der Waals surface area (Å²) in [7, 11) is 0. The van der Waals surface area contributed by atoms with Crippen LogP contribution >= 0.6 is 46.7 Å². The molecule has 0 saturated carbocycles. The van der Waals surface area contributed by atoms with E-state index in [4.69, 9.17) is 23.2 Å². The van der Waals surface area contributed by atoms with Gasteiger partial charge in [-0.05, 0) is 28.6 Å². The van der Waals surface area contributed by atoms with Crippen molar-refractivity contribution in [3.05, 3.63) is 0 Å². The zero-order valence-electron chi connectivity index (χ0n) is 7.30. The zero-order chi connectivity index (χ0) is 10.5. The Morgan fingerprint density at radius 1 is 1.08 bits per heavy atom. The van der Waals surface area contributed by atoms with Crippen LogP contribution in [0.15, 0.2) is 0 Å². The maximum absolute atomic E-state index is 10.5. The van der Waals surface area contributed by atoms with Crippen LogP contribution in [0.4, 0.5) is 9.59 Å². The van der Waals surface area contributed by atoms with E-state index < -0.39 is 9.15 Å². The molecule has 0 aromatic heterocycles. The predicted molar refractivity (Wildman–Crippen MR) is 61.2 cm³/mol. The Bertz CT molecular complexity index is 187. The fourth-order valence-electron chi connectivity index (χ4n) is 0.546. The first kappa shape index (κ1) is 13.6. The monoisotopic (exact) mass is 260 g/mol. The van der Waals surface area contributed by atoms with Crippen LogP contribution in [0.3, 0.4) is 0 Å². The largest absolute Gasteiger partial charge is 0.279 e. The van der Waals surface area contributed by atoms with Crippen LogP contribution in [0.5, 0.6) is 0 Å². The molecule has 0 aromatic rings. The van der Waals surface area contributed by atoms with E-state index in [0.717, 1.165) is 23.5 Å². The van der Waals surface area contributed by atoms with E-state index in [1.807, 2.05) is 13.8 Å². The van der Waals surface area contributed by atoms with Gasteiger partial charge >= 0.3 is 0 Å². The van der Waals surface area contributed by atoms with E-state index in [1.54, 1.807) is 0 Å². The van der Waals surface area contributed by atoms with E-state index in [1.165, 1.54) is 0 Å². The molecule has 0 unspecified atom stereocenters. The molecule has 0 rings (SSSR count). The van der Waals surface area contributed by atoms with Crippen molar-refractivity contribution >= 4 is 55.9 Å². The third-order valence-electron chi connectivity index (χ3n) is 1.15. The number of thioether (sulfide) groups is 2. The lowest BCUT2D eigenvalue weighted by atomic mass is 10.0. The molecule has 13 heavy (non-hydrogen) atoms. The van der Waals surface area contributed by atoms with Crippen LogP contribution in [0, 0.1) is 5.41 Å². The van der Waals surface area contributed by atoms with Crippen molar-refractivity contribution in [3.8, 4) is 0 Å². The van der Waals surface area contributed by atoms with Crippen molar-refractivity contribution in [2.45, 2.75) is 13.8 Å². The summed E-state index contributed by atoms with van der Waals surface area (Å²) >= 11 is 12.4. The number of carbonyl (C=O) groups excluding carboxylic acids is 2. The molecule has 0 aliphatic carbocycles. The summed E-state index contributed by atoms with van der Waals surface area (Å²) in [6, 6.07) is 0. The number of carbonyl (C=O) groups is 2. The molecule has 0 N–H and O–H groups in total. The maximum atomic E-state index is 10.5. The molecule has 0 aliphatic heterocycles. The van der Waals surface area contributed by atoms with Crippen LogP contribution in [0.1, 0.15) is 13.8 Å². The van der Waals surface area contributed by atoms with E-state index in [-0.39, 0.29) is 5.41 Å². The summed E-state index contributed by atoms with van der Waals surface area (Å²) in [6.45, 7) is 3.90. The topological polar surface area (TPSA) is 34.1 Å². The third kappa shape index (κ3) is 8.94. The maximum Gasteiger partial charge on any atom is 0.279 e. The molecule has 6 heteroatoms. The first-order valence-corrected chi connectivity index (χ1v) is 6.21. The highest BCUT2D eigenvalue weighted by Gasteiger charge is 2.20. The van der Waals surface area contributed by atoms with Crippen molar-refractivity contribution in [2.75, 3.05) is 11.5 Å². The summed E-state index contributed by atoms with van der Waals surface area (Å²) in [5.74, 6) is 1.18. The molecule has 0 heterocycles. The van der Waals surface area contributed by atoms with Gasteiger partial charge in [-0.25, -0.2) is 0 Å². The lowest BCUT2D eigenvalue weighted by Gasteiger charge is -2.21. The minimum absolute atomic E-state index is 0.121. The van der Waals surface area contributed by atoms with E-state index >= 15 is 0 Å². The van der Waals surface area contributed by atoms with Crippen LogP contribution in [0.2, 0.25) is 0 Å². The van der Waals surface area contributed by atoms with Gasteiger partial charge in [0.2, 0.25) is 0 Å². The SMILES string of the molecule is CC(C)(CSC(=O)Cl)CSC(=O)Cl. The molecule has 0 spiro atoms. The molecule has 0 aliphatic rings. The minimum Gasteiger partial charge on any atom is -0.268 e. The van der Waals surface area contributed by atoms with Gasteiger partial charge in [0.25, 0.3) is 9.15 Å². The minimum atomic E-state index is -0.421. The highest BCUT2D eigenvalue weighted by Crippen LogP contribution is 2.28. The van der Waals surface area contributed by atoms with Crippen LogP contribution < -0.4 is 0 Å².